The quantitative estimate of drug-likeness (QED) is 0.653. The molecule has 2 nitrogen and oxygen atoms in total. The Hall–Kier alpha value is -0.0800. The van der Waals surface area contributed by atoms with Gasteiger partial charge in [-0.25, -0.2) is 0 Å². The average molecular weight is 185 g/mol. The lowest BCUT2D eigenvalue weighted by Gasteiger charge is -2.35. The van der Waals surface area contributed by atoms with Gasteiger partial charge in [-0.1, -0.05) is 13.8 Å². The Balaban J connectivity index is 2.61. The molecule has 0 saturated carbocycles. The van der Waals surface area contributed by atoms with E-state index in [2.05, 4.69) is 32.6 Å². The first-order valence-corrected chi connectivity index (χ1v) is 5.46. The predicted molar refractivity (Wildman–Crippen MR) is 55.9 cm³/mol. The van der Waals surface area contributed by atoms with E-state index in [9.17, 15) is 0 Å². The number of hydrogen-bond donors (Lipinski definition) is 0. The Morgan fingerprint density at radius 3 is 2.38 bits per heavy atom. The molecule has 1 fully saturated rings. The van der Waals surface area contributed by atoms with E-state index in [1.54, 1.807) is 0 Å². The molecule has 0 aliphatic carbocycles. The second-order valence-corrected chi connectivity index (χ2v) is 4.54. The van der Waals surface area contributed by atoms with Crippen LogP contribution in [0.25, 0.3) is 0 Å². The van der Waals surface area contributed by atoms with E-state index in [0.717, 1.165) is 25.7 Å². The zero-order valence-corrected chi connectivity index (χ0v) is 9.42. The second-order valence-electron chi connectivity index (χ2n) is 4.54. The van der Waals surface area contributed by atoms with Crippen LogP contribution in [-0.2, 0) is 4.74 Å². The van der Waals surface area contributed by atoms with Crippen molar-refractivity contribution < 1.29 is 4.74 Å². The Labute approximate surface area is 82.3 Å². The third kappa shape index (κ3) is 2.96. The van der Waals surface area contributed by atoms with Gasteiger partial charge >= 0.3 is 0 Å². The molecule has 78 valence electrons. The van der Waals surface area contributed by atoms with Gasteiger partial charge < -0.3 is 4.74 Å². The van der Waals surface area contributed by atoms with Crippen molar-refractivity contribution in [2.24, 2.45) is 5.92 Å². The summed E-state index contributed by atoms with van der Waals surface area (Å²) >= 11 is 0. The van der Waals surface area contributed by atoms with Gasteiger partial charge in [-0.15, -0.1) is 0 Å². The summed E-state index contributed by atoms with van der Waals surface area (Å²) in [5.74, 6) is 0.740. The van der Waals surface area contributed by atoms with E-state index in [0.29, 0.717) is 12.1 Å². The van der Waals surface area contributed by atoms with Crippen LogP contribution >= 0.6 is 0 Å². The fourth-order valence-corrected chi connectivity index (χ4v) is 2.17. The van der Waals surface area contributed by atoms with Crippen molar-refractivity contribution in [1.29, 1.82) is 0 Å². The number of rotatable bonds is 2. The van der Waals surface area contributed by atoms with Crippen molar-refractivity contribution >= 4 is 0 Å². The van der Waals surface area contributed by atoms with E-state index in [1.165, 1.54) is 6.42 Å². The van der Waals surface area contributed by atoms with Crippen molar-refractivity contribution in [2.75, 3.05) is 19.8 Å². The highest BCUT2D eigenvalue weighted by Gasteiger charge is 2.25. The highest BCUT2D eigenvalue weighted by atomic mass is 16.5. The van der Waals surface area contributed by atoms with E-state index >= 15 is 0 Å². The molecule has 1 heterocycles. The highest BCUT2D eigenvalue weighted by Crippen LogP contribution is 2.19. The molecule has 1 aliphatic heterocycles. The average Bonchev–Trinajstić information content (AvgIpc) is 2.27. The lowest BCUT2D eigenvalue weighted by molar-refractivity contribution is 0.116. The molecule has 1 atom stereocenters. The van der Waals surface area contributed by atoms with Gasteiger partial charge in [0.25, 0.3) is 0 Å². The summed E-state index contributed by atoms with van der Waals surface area (Å²) in [6.45, 7) is 12.1. The van der Waals surface area contributed by atoms with Crippen molar-refractivity contribution in [3.8, 4) is 0 Å². The summed E-state index contributed by atoms with van der Waals surface area (Å²) in [6, 6.07) is 1.36. The maximum atomic E-state index is 5.51. The first-order chi connectivity index (χ1) is 6.13. The normalized spacial score (nSPS) is 26.8. The van der Waals surface area contributed by atoms with E-state index in [-0.39, 0.29) is 0 Å². The highest BCUT2D eigenvalue weighted by molar-refractivity contribution is 4.79. The zero-order chi connectivity index (χ0) is 9.84. The van der Waals surface area contributed by atoms with Crippen LogP contribution < -0.4 is 0 Å². The molecule has 13 heavy (non-hydrogen) atoms. The van der Waals surface area contributed by atoms with E-state index in [1.807, 2.05) is 0 Å². The minimum Gasteiger partial charge on any atom is -0.380 e. The third-order valence-corrected chi connectivity index (χ3v) is 2.91. The summed E-state index contributed by atoms with van der Waals surface area (Å²) in [5.41, 5.74) is 0. The molecule has 1 rings (SSSR count). The standard InChI is InChI=1S/C11H23NO/c1-9(2)11-5-7-13-8-6-12(11)10(3)4/h9-11H,5-8H2,1-4H3. The molecule has 0 bridgehead atoms. The maximum Gasteiger partial charge on any atom is 0.0593 e. The molecule has 1 saturated heterocycles. The Kier molecular flexibility index (Phi) is 4.20. The van der Waals surface area contributed by atoms with Crippen LogP contribution in [0.5, 0.6) is 0 Å². The minimum absolute atomic E-state index is 0.647. The smallest absolute Gasteiger partial charge is 0.0593 e. The Bertz CT molecular complexity index is 129. The molecule has 0 radical (unpaired) electrons. The van der Waals surface area contributed by atoms with Crippen LogP contribution in [0.1, 0.15) is 34.1 Å². The summed E-state index contributed by atoms with van der Waals surface area (Å²) in [7, 11) is 0. The van der Waals surface area contributed by atoms with Crippen LogP contribution in [0, 0.1) is 5.92 Å². The summed E-state index contributed by atoms with van der Waals surface area (Å²) in [6.07, 6.45) is 1.19. The fraction of sp³-hybridized carbons (Fsp3) is 1.00. The van der Waals surface area contributed by atoms with E-state index in [4.69, 9.17) is 4.74 Å². The molecular weight excluding hydrogens is 162 g/mol. The SMILES string of the molecule is CC(C)C1CCOCCN1C(C)C. The molecule has 1 unspecified atom stereocenters. The van der Waals surface area contributed by atoms with Crippen molar-refractivity contribution in [1.82, 2.24) is 4.90 Å². The molecule has 0 N–H and O–H groups in total. The Morgan fingerprint density at radius 1 is 1.15 bits per heavy atom. The van der Waals surface area contributed by atoms with Gasteiger partial charge in [-0.2, -0.15) is 0 Å². The maximum absolute atomic E-state index is 5.51. The molecule has 0 spiro atoms. The molecule has 0 amide bonds. The van der Waals surface area contributed by atoms with Crippen LogP contribution in [-0.4, -0.2) is 36.7 Å². The minimum atomic E-state index is 0.647. The van der Waals surface area contributed by atoms with Crippen LogP contribution in [0.3, 0.4) is 0 Å². The lowest BCUT2D eigenvalue weighted by atomic mass is 9.98. The van der Waals surface area contributed by atoms with Gasteiger partial charge in [0.15, 0.2) is 0 Å². The molecule has 0 aromatic rings. The second kappa shape index (κ2) is 4.97. The molecule has 1 aliphatic rings. The summed E-state index contributed by atoms with van der Waals surface area (Å²) in [5, 5.41) is 0. The van der Waals surface area contributed by atoms with Gasteiger partial charge in [0.05, 0.1) is 6.61 Å². The monoisotopic (exact) mass is 185 g/mol. The van der Waals surface area contributed by atoms with Gasteiger partial charge in [-0.3, -0.25) is 4.90 Å². The molecule has 2 heteroatoms. The van der Waals surface area contributed by atoms with Crippen molar-refractivity contribution in [3.05, 3.63) is 0 Å². The number of ether oxygens (including phenoxy) is 1. The van der Waals surface area contributed by atoms with Crippen molar-refractivity contribution in [2.45, 2.75) is 46.2 Å². The third-order valence-electron chi connectivity index (χ3n) is 2.91. The van der Waals surface area contributed by atoms with E-state index < -0.39 is 0 Å². The number of hydrogen-bond acceptors (Lipinski definition) is 2. The van der Waals surface area contributed by atoms with Gasteiger partial charge in [-0.05, 0) is 26.2 Å². The fourth-order valence-electron chi connectivity index (χ4n) is 2.17. The number of nitrogens with zero attached hydrogens (tertiary/aromatic N) is 1. The van der Waals surface area contributed by atoms with Crippen LogP contribution in [0.2, 0.25) is 0 Å². The van der Waals surface area contributed by atoms with Gasteiger partial charge in [0.2, 0.25) is 0 Å². The van der Waals surface area contributed by atoms with Crippen LogP contribution in [0.4, 0.5) is 0 Å². The van der Waals surface area contributed by atoms with Gasteiger partial charge in [0.1, 0.15) is 0 Å². The van der Waals surface area contributed by atoms with Crippen molar-refractivity contribution in [3.63, 3.8) is 0 Å². The van der Waals surface area contributed by atoms with Gasteiger partial charge in [0, 0.05) is 25.2 Å². The summed E-state index contributed by atoms with van der Waals surface area (Å²) in [4.78, 5) is 2.58. The van der Waals surface area contributed by atoms with Crippen LogP contribution in [0.15, 0.2) is 0 Å². The zero-order valence-electron chi connectivity index (χ0n) is 9.42. The molecular formula is C11H23NO. The molecule has 0 aromatic carbocycles. The largest absolute Gasteiger partial charge is 0.380 e. The Morgan fingerprint density at radius 2 is 1.85 bits per heavy atom. The lowest BCUT2D eigenvalue weighted by Crippen LogP contribution is -2.43. The topological polar surface area (TPSA) is 12.5 Å². The first-order valence-electron chi connectivity index (χ1n) is 5.46. The first kappa shape index (κ1) is 11.0. The summed E-state index contributed by atoms with van der Waals surface area (Å²) < 4.78 is 5.51. The predicted octanol–water partition coefficient (Wildman–Crippen LogP) is 2.14. The molecule has 0 aromatic heterocycles.